The van der Waals surface area contributed by atoms with Crippen molar-refractivity contribution in [2.45, 2.75) is 200 Å². The first kappa shape index (κ1) is 81.3. The Labute approximate surface area is 565 Å². The van der Waals surface area contributed by atoms with Crippen LogP contribution in [0.3, 0.4) is 0 Å². The van der Waals surface area contributed by atoms with E-state index >= 15 is 0 Å². The van der Waals surface area contributed by atoms with Crippen LogP contribution < -0.4 is 48.7 Å². The van der Waals surface area contributed by atoms with Gasteiger partial charge in [-0.25, -0.2) is 14.2 Å². The van der Waals surface area contributed by atoms with E-state index in [0.717, 1.165) is 0 Å². The first-order chi connectivity index (χ1) is 45.2. The van der Waals surface area contributed by atoms with Crippen LogP contribution in [-0.4, -0.2) is 200 Å². The number of nitrogens with two attached hydrogens (primary N) is 2. The monoisotopic (exact) mass is 1370 g/mol. The van der Waals surface area contributed by atoms with Gasteiger partial charge in [0.15, 0.2) is 0 Å². The molecule has 0 bridgehead atoms. The molecule has 96 heavy (non-hydrogen) atoms. The van der Waals surface area contributed by atoms with Gasteiger partial charge in [-0.3, -0.25) is 52.3 Å². The number of benzene rings is 2. The lowest BCUT2D eigenvalue weighted by atomic mass is 9.89. The number of amides is 10. The molecule has 10 amide bonds. The molecule has 0 aromatic heterocycles. The van der Waals surface area contributed by atoms with Crippen LogP contribution in [0, 0.1) is 29.6 Å². The van der Waals surface area contributed by atoms with Crippen LogP contribution in [0.15, 0.2) is 54.6 Å². The standard InChI is InChI=1S/C66H107N12O17P/c1-16-40(8)56(77(13)64(86)54(38(4)5)75-63(85)55(39(6)7)76(11)12)50(91-14)35-52(80)78-32-21-25-49(78)57(92-15)41(9)59(81)70-42(10)58(44-22-18-17-19-23-44)95-96(89,90)94-36-43-26-28-45(29-27-43)71-61(83)47(24-20-31-69-66(68)88)73-62(84)53(37(2)3)74-60(82)46(67)34-51(79)72-48-30-33-93-65(48)87/h17-19,22-23,26-29,37-42,46-50,53-58H,16,20-21,24-25,30-36,67H2,1-15H3,(H,70,81)(H,71,83)(H,72,79)(H,73,84)(H,74,82)(H,75,85)(H,89,90)(H3,68,69,88)/t40-,41+,42+,46-,47-,48-,49-,50+,53-,54-,55-,56-,57+,58+/m0/s1. The zero-order chi connectivity index (χ0) is 71.9. The lowest BCUT2D eigenvalue weighted by Crippen LogP contribution is -2.59. The topological polar surface area (TPSA) is 400 Å². The second kappa shape index (κ2) is 38.7. The van der Waals surface area contributed by atoms with Gasteiger partial charge in [0, 0.05) is 46.5 Å². The molecule has 0 spiro atoms. The molecule has 538 valence electrons. The minimum absolute atomic E-state index is 0.00114. The van der Waals surface area contributed by atoms with Crippen LogP contribution in [0.2, 0.25) is 0 Å². The second-order valence-electron chi connectivity index (χ2n) is 26.2. The minimum Gasteiger partial charge on any atom is -0.464 e. The highest BCUT2D eigenvalue weighted by molar-refractivity contribution is 7.47. The van der Waals surface area contributed by atoms with E-state index in [1.54, 1.807) is 74.9 Å². The molecular formula is C66H107N12O17P. The van der Waals surface area contributed by atoms with Crippen molar-refractivity contribution < 1.29 is 80.7 Å². The van der Waals surface area contributed by atoms with Gasteiger partial charge in [-0.15, -0.1) is 0 Å². The summed E-state index contributed by atoms with van der Waals surface area (Å²) >= 11 is 0. The van der Waals surface area contributed by atoms with Crippen LogP contribution in [0.25, 0.3) is 0 Å². The van der Waals surface area contributed by atoms with Gasteiger partial charge in [0.1, 0.15) is 30.3 Å². The van der Waals surface area contributed by atoms with E-state index in [4.69, 9.17) is 34.7 Å². The van der Waals surface area contributed by atoms with Gasteiger partial charge in [0.25, 0.3) is 0 Å². The SMILES string of the molecule is CC[C@H](C)[C@@H]([C@@H](CC(=O)N1CCC[C@H]1[C@H](OC)[C@@H](C)C(=O)N[C@H](C)[C@@H](OP(=O)(O)OCc1ccc(NC(=O)[C@H](CCCNC(N)=O)NC(=O)[C@@H](NC(=O)[C@@H](N)CC(=O)N[C@H]2CCOC2=O)C(C)C)cc1)c1ccccc1)OC)N(C)C(=O)[C@@H](NC(=O)[C@H](C(C)C)N(C)C)C(C)C. The van der Waals surface area contributed by atoms with Crippen molar-refractivity contribution in [1.82, 2.24) is 46.6 Å². The van der Waals surface area contributed by atoms with Crippen LogP contribution in [0.5, 0.6) is 0 Å². The fourth-order valence-electron chi connectivity index (χ4n) is 12.2. The number of anilines is 1. The van der Waals surface area contributed by atoms with E-state index in [1.807, 2.05) is 60.5 Å². The van der Waals surface area contributed by atoms with Gasteiger partial charge in [-0.1, -0.05) is 111 Å². The zero-order valence-corrected chi connectivity index (χ0v) is 59.3. The van der Waals surface area contributed by atoms with Crippen molar-refractivity contribution >= 4 is 72.8 Å². The Bertz CT molecular complexity index is 2950. The first-order valence-electron chi connectivity index (χ1n) is 33.0. The molecule has 0 aliphatic carbocycles. The van der Waals surface area contributed by atoms with E-state index in [2.05, 4.69) is 37.2 Å². The normalized spacial score (nSPS) is 19.2. The third kappa shape index (κ3) is 24.2. The molecule has 2 fully saturated rings. The van der Waals surface area contributed by atoms with Gasteiger partial charge in [0.05, 0.1) is 74.4 Å². The Hall–Kier alpha value is -7.11. The molecule has 2 heterocycles. The number of likely N-dealkylation sites (tertiary alicyclic amines) is 1. The zero-order valence-electron chi connectivity index (χ0n) is 58.4. The van der Waals surface area contributed by atoms with Crippen LogP contribution in [-0.2, 0) is 77.6 Å². The van der Waals surface area contributed by atoms with Crippen LogP contribution in [0.1, 0.15) is 138 Å². The number of phosphoric ester groups is 1. The fraction of sp³-hybridized carbons (Fsp3) is 0.667. The van der Waals surface area contributed by atoms with Crippen molar-refractivity contribution in [1.29, 1.82) is 0 Å². The third-order valence-electron chi connectivity index (χ3n) is 17.6. The summed E-state index contributed by atoms with van der Waals surface area (Å²) in [5.74, 6) is -6.61. The number of phosphoric acid groups is 1. The highest BCUT2D eigenvalue weighted by Gasteiger charge is 2.44. The van der Waals surface area contributed by atoms with Gasteiger partial charge in [0.2, 0.25) is 47.3 Å². The number of carbonyl (C=O) groups is 10. The summed E-state index contributed by atoms with van der Waals surface area (Å²) in [6.45, 7) is 18.4. The minimum atomic E-state index is -4.94. The molecule has 30 heteroatoms. The molecule has 2 aliphatic heterocycles. The highest BCUT2D eigenvalue weighted by atomic mass is 31.2. The molecule has 4 rings (SSSR count). The van der Waals surface area contributed by atoms with Crippen molar-refractivity contribution in [2.24, 2.45) is 41.1 Å². The third-order valence-corrected chi connectivity index (χ3v) is 18.6. The van der Waals surface area contributed by atoms with Crippen molar-refractivity contribution in [3.8, 4) is 0 Å². The second-order valence-corrected chi connectivity index (χ2v) is 27.7. The molecule has 29 nitrogen and oxygen atoms in total. The van der Waals surface area contributed by atoms with Gasteiger partial charge >= 0.3 is 19.8 Å². The summed E-state index contributed by atoms with van der Waals surface area (Å²) in [7, 11) is 3.38. The molecule has 0 saturated carbocycles. The molecule has 12 N–H and O–H groups in total. The number of hydrogen-bond donors (Lipinski definition) is 10. The molecular weight excluding hydrogens is 1260 g/mol. The smallest absolute Gasteiger partial charge is 0.464 e. The van der Waals surface area contributed by atoms with Gasteiger partial charge < -0.3 is 77.6 Å². The number of urea groups is 1. The van der Waals surface area contributed by atoms with Crippen LogP contribution in [0.4, 0.5) is 10.5 Å². The number of rotatable bonds is 39. The molecule has 2 aromatic rings. The molecule has 2 aliphatic rings. The largest absolute Gasteiger partial charge is 0.473 e. The summed E-state index contributed by atoms with van der Waals surface area (Å²) < 4.78 is 42.2. The number of hydrogen-bond acceptors (Lipinski definition) is 18. The van der Waals surface area contributed by atoms with E-state index in [0.29, 0.717) is 36.9 Å². The number of esters is 1. The number of methoxy groups -OCH3 is 2. The lowest BCUT2D eigenvalue weighted by molar-refractivity contribution is -0.148. The maximum Gasteiger partial charge on any atom is 0.473 e. The molecule has 15 atom stereocenters. The van der Waals surface area contributed by atoms with Crippen molar-refractivity contribution in [2.75, 3.05) is 60.4 Å². The van der Waals surface area contributed by atoms with E-state index < -0.39 is 147 Å². The summed E-state index contributed by atoms with van der Waals surface area (Å²) in [6.07, 6.45) is -1.09. The van der Waals surface area contributed by atoms with Crippen molar-refractivity contribution in [3.05, 3.63) is 65.7 Å². The number of ether oxygens (including phenoxy) is 3. The van der Waals surface area contributed by atoms with Gasteiger partial charge in [-0.05, 0) is 93.6 Å². The summed E-state index contributed by atoms with van der Waals surface area (Å²) in [4.78, 5) is 150. The van der Waals surface area contributed by atoms with Gasteiger partial charge in [-0.2, -0.15) is 0 Å². The maximum absolute atomic E-state index is 14.6. The number of nitrogens with one attached hydrogen (secondary N) is 7. The Morgan fingerprint density at radius 3 is 1.96 bits per heavy atom. The first-order valence-corrected chi connectivity index (χ1v) is 34.5. The summed E-state index contributed by atoms with van der Waals surface area (Å²) in [5, 5.41) is 18.8. The Balaban J connectivity index is 1.43. The fourth-order valence-corrected chi connectivity index (χ4v) is 13.2. The predicted octanol–water partition coefficient (Wildman–Crippen LogP) is 3.38. The Morgan fingerprint density at radius 1 is 0.771 bits per heavy atom. The Kier molecular flexibility index (Phi) is 32.8. The van der Waals surface area contributed by atoms with Crippen LogP contribution >= 0.6 is 7.82 Å². The maximum atomic E-state index is 14.6. The quantitative estimate of drug-likeness (QED) is 0.0260. The predicted molar refractivity (Wildman–Crippen MR) is 358 cm³/mol. The van der Waals surface area contributed by atoms with E-state index in [1.165, 1.54) is 38.5 Å². The van der Waals surface area contributed by atoms with Crippen molar-refractivity contribution in [3.63, 3.8) is 0 Å². The molecule has 2 saturated heterocycles. The molecule has 0 radical (unpaired) electrons. The van der Waals surface area contributed by atoms with E-state index in [9.17, 15) is 57.4 Å². The number of nitrogens with zero attached hydrogens (tertiary/aromatic N) is 3. The number of carbonyl (C=O) groups excluding carboxylic acids is 10. The highest BCUT2D eigenvalue weighted by Crippen LogP contribution is 2.49. The molecule has 1 unspecified atom stereocenters. The Morgan fingerprint density at radius 2 is 1.41 bits per heavy atom. The lowest BCUT2D eigenvalue weighted by Gasteiger charge is -2.41. The number of primary amides is 1. The van der Waals surface area contributed by atoms with E-state index in [-0.39, 0.29) is 80.0 Å². The number of cyclic esters (lactones) is 1. The molecule has 2 aromatic carbocycles. The average molecular weight is 1370 g/mol. The summed E-state index contributed by atoms with van der Waals surface area (Å²) in [5.41, 5.74) is 12.3. The summed E-state index contributed by atoms with van der Waals surface area (Å²) in [6, 6.07) is 5.66. The average Bonchev–Trinajstić information content (AvgIpc) is 1.41. The number of likely N-dealkylation sites (N-methyl/N-ethyl adjacent to an activating group) is 2.